The minimum absolute atomic E-state index is 0.0519. The summed E-state index contributed by atoms with van der Waals surface area (Å²) in [5.41, 5.74) is 6.25. The van der Waals surface area contributed by atoms with E-state index in [4.69, 9.17) is 17.3 Å². The molecule has 1 aromatic carbocycles. The monoisotopic (exact) mass is 309 g/mol. The number of halogens is 1. The third-order valence-electron chi connectivity index (χ3n) is 3.73. The molecular weight excluding hydrogens is 290 g/mol. The van der Waals surface area contributed by atoms with E-state index in [1.165, 1.54) is 0 Å². The fraction of sp³-hybridized carbons (Fsp3) is 0.467. The molecule has 6 heteroatoms. The number of hydrogen-bond donors (Lipinski definition) is 2. The Morgan fingerprint density at radius 2 is 2.19 bits per heavy atom. The van der Waals surface area contributed by atoms with Gasteiger partial charge in [0.25, 0.3) is 5.91 Å². The van der Waals surface area contributed by atoms with Gasteiger partial charge in [-0.15, -0.1) is 0 Å². The van der Waals surface area contributed by atoms with Crippen LogP contribution in [0.15, 0.2) is 18.2 Å². The fourth-order valence-corrected chi connectivity index (χ4v) is 2.79. The van der Waals surface area contributed by atoms with Gasteiger partial charge < -0.3 is 16.0 Å². The van der Waals surface area contributed by atoms with E-state index >= 15 is 0 Å². The number of carbonyl (C=O) groups is 2. The number of amides is 2. The number of nitrogens with one attached hydrogen (secondary N) is 1. The normalized spacial score (nSPS) is 18.4. The van der Waals surface area contributed by atoms with E-state index in [1.807, 2.05) is 4.90 Å². The largest absolute Gasteiger partial charge is 0.336 e. The Hall–Kier alpha value is -1.59. The van der Waals surface area contributed by atoms with E-state index in [0.29, 0.717) is 16.3 Å². The maximum Gasteiger partial charge on any atom is 0.255 e. The van der Waals surface area contributed by atoms with Crippen LogP contribution in [0.2, 0.25) is 5.02 Å². The molecule has 114 valence electrons. The molecule has 3 N–H and O–H groups in total. The highest BCUT2D eigenvalue weighted by atomic mass is 35.5. The van der Waals surface area contributed by atoms with Gasteiger partial charge in [-0.25, -0.2) is 0 Å². The Bertz CT molecular complexity index is 548. The molecular formula is C15H20ClN3O2. The molecule has 0 bridgehead atoms. The third kappa shape index (κ3) is 3.74. The summed E-state index contributed by atoms with van der Waals surface area (Å²) in [4.78, 5) is 25.7. The average molecular weight is 310 g/mol. The standard InChI is InChI=1S/C15H20ClN3O2/c1-10-4-2-3-7-19(10)15(21)12-6-5-11(8-13(12)16)18-14(20)9-17/h5-6,8,10H,2-4,7,9,17H2,1H3,(H,18,20). The van der Waals surface area contributed by atoms with Gasteiger partial charge in [0.2, 0.25) is 5.91 Å². The van der Waals surface area contributed by atoms with Crippen molar-refractivity contribution in [2.45, 2.75) is 32.2 Å². The predicted molar refractivity (Wildman–Crippen MR) is 83.5 cm³/mol. The maximum absolute atomic E-state index is 12.6. The highest BCUT2D eigenvalue weighted by Crippen LogP contribution is 2.25. The summed E-state index contributed by atoms with van der Waals surface area (Å²) in [6.07, 6.45) is 3.20. The zero-order valence-electron chi connectivity index (χ0n) is 12.1. The predicted octanol–water partition coefficient (Wildman–Crippen LogP) is 2.25. The first-order valence-electron chi connectivity index (χ1n) is 7.13. The molecule has 2 amide bonds. The van der Waals surface area contributed by atoms with E-state index < -0.39 is 0 Å². The molecule has 1 atom stereocenters. The summed E-state index contributed by atoms with van der Waals surface area (Å²) in [5.74, 6) is -0.348. The molecule has 1 heterocycles. The van der Waals surface area contributed by atoms with Gasteiger partial charge in [-0.1, -0.05) is 11.6 Å². The number of nitrogens with two attached hydrogens (primary N) is 1. The Morgan fingerprint density at radius 1 is 1.43 bits per heavy atom. The van der Waals surface area contributed by atoms with Crippen LogP contribution in [0.4, 0.5) is 5.69 Å². The van der Waals surface area contributed by atoms with Gasteiger partial charge in [0.1, 0.15) is 0 Å². The van der Waals surface area contributed by atoms with Crippen LogP contribution < -0.4 is 11.1 Å². The van der Waals surface area contributed by atoms with Crippen molar-refractivity contribution >= 4 is 29.1 Å². The van der Waals surface area contributed by atoms with E-state index in [2.05, 4.69) is 12.2 Å². The number of nitrogens with zero attached hydrogens (tertiary/aromatic N) is 1. The zero-order valence-corrected chi connectivity index (χ0v) is 12.8. The molecule has 5 nitrogen and oxygen atoms in total. The van der Waals surface area contributed by atoms with Gasteiger partial charge in [0.05, 0.1) is 17.1 Å². The minimum atomic E-state index is -0.296. The molecule has 1 aromatic rings. The van der Waals surface area contributed by atoms with Gasteiger partial charge in [-0.3, -0.25) is 9.59 Å². The fourth-order valence-electron chi connectivity index (χ4n) is 2.53. The first-order chi connectivity index (χ1) is 10.0. The van der Waals surface area contributed by atoms with Crippen LogP contribution in [0.3, 0.4) is 0 Å². The average Bonchev–Trinajstić information content (AvgIpc) is 2.47. The van der Waals surface area contributed by atoms with Gasteiger partial charge in [0, 0.05) is 18.3 Å². The molecule has 1 aliphatic rings. The number of hydrogen-bond acceptors (Lipinski definition) is 3. The first kappa shape index (κ1) is 15.8. The van der Waals surface area contributed by atoms with Crippen LogP contribution in [0, 0.1) is 0 Å². The van der Waals surface area contributed by atoms with Gasteiger partial charge in [-0.2, -0.15) is 0 Å². The van der Waals surface area contributed by atoms with Crippen molar-refractivity contribution in [3.63, 3.8) is 0 Å². The number of anilines is 1. The van der Waals surface area contributed by atoms with Crippen molar-refractivity contribution < 1.29 is 9.59 Å². The van der Waals surface area contributed by atoms with Crippen LogP contribution in [-0.4, -0.2) is 35.8 Å². The molecule has 0 aliphatic carbocycles. The lowest BCUT2D eigenvalue weighted by atomic mass is 10.0. The molecule has 0 spiro atoms. The number of rotatable bonds is 3. The topological polar surface area (TPSA) is 75.4 Å². The zero-order chi connectivity index (χ0) is 15.4. The van der Waals surface area contributed by atoms with Gasteiger partial charge >= 0.3 is 0 Å². The van der Waals surface area contributed by atoms with Crippen LogP contribution in [0.5, 0.6) is 0 Å². The van der Waals surface area contributed by atoms with Gasteiger partial charge in [-0.05, 0) is 44.4 Å². The lowest BCUT2D eigenvalue weighted by molar-refractivity contribution is -0.114. The molecule has 1 aliphatic heterocycles. The van der Waals surface area contributed by atoms with Crippen molar-refractivity contribution in [1.29, 1.82) is 0 Å². The summed E-state index contributed by atoms with van der Waals surface area (Å²) in [6, 6.07) is 5.13. The van der Waals surface area contributed by atoms with Crippen molar-refractivity contribution in [3.8, 4) is 0 Å². The Balaban J connectivity index is 2.16. The van der Waals surface area contributed by atoms with Crippen molar-refractivity contribution in [2.75, 3.05) is 18.4 Å². The second-order valence-corrected chi connectivity index (χ2v) is 5.70. The quantitative estimate of drug-likeness (QED) is 0.899. The van der Waals surface area contributed by atoms with Crippen LogP contribution in [0.1, 0.15) is 36.5 Å². The van der Waals surface area contributed by atoms with E-state index in [1.54, 1.807) is 18.2 Å². The van der Waals surface area contributed by atoms with Crippen LogP contribution in [0.25, 0.3) is 0 Å². The Kier molecular flexibility index (Phi) is 5.20. The third-order valence-corrected chi connectivity index (χ3v) is 4.05. The summed E-state index contributed by atoms with van der Waals surface area (Å²) in [6.45, 7) is 2.73. The molecule has 2 rings (SSSR count). The minimum Gasteiger partial charge on any atom is -0.336 e. The number of benzene rings is 1. The highest BCUT2D eigenvalue weighted by Gasteiger charge is 2.25. The van der Waals surface area contributed by atoms with E-state index in [0.717, 1.165) is 25.8 Å². The molecule has 1 unspecified atom stereocenters. The maximum atomic E-state index is 12.6. The molecule has 1 fully saturated rings. The molecule has 0 radical (unpaired) electrons. The van der Waals surface area contributed by atoms with Gasteiger partial charge in [0.15, 0.2) is 0 Å². The smallest absolute Gasteiger partial charge is 0.255 e. The molecule has 1 saturated heterocycles. The van der Waals surface area contributed by atoms with E-state index in [-0.39, 0.29) is 24.4 Å². The number of likely N-dealkylation sites (tertiary alicyclic amines) is 1. The van der Waals surface area contributed by atoms with E-state index in [9.17, 15) is 9.59 Å². The summed E-state index contributed by atoms with van der Waals surface area (Å²) >= 11 is 6.19. The second-order valence-electron chi connectivity index (χ2n) is 5.29. The first-order valence-corrected chi connectivity index (χ1v) is 7.51. The highest BCUT2D eigenvalue weighted by molar-refractivity contribution is 6.34. The second kappa shape index (κ2) is 6.91. The lowest BCUT2D eigenvalue weighted by Crippen LogP contribution is -2.42. The molecule has 0 aromatic heterocycles. The molecule has 0 saturated carbocycles. The number of carbonyl (C=O) groups excluding carboxylic acids is 2. The number of piperidine rings is 1. The van der Waals surface area contributed by atoms with Crippen LogP contribution in [-0.2, 0) is 4.79 Å². The summed E-state index contributed by atoms with van der Waals surface area (Å²) < 4.78 is 0. The Morgan fingerprint density at radius 3 is 2.81 bits per heavy atom. The summed E-state index contributed by atoms with van der Waals surface area (Å²) in [7, 11) is 0. The SMILES string of the molecule is CC1CCCCN1C(=O)c1ccc(NC(=O)CN)cc1Cl. The Labute approximate surface area is 129 Å². The van der Waals surface area contributed by atoms with Crippen molar-refractivity contribution in [3.05, 3.63) is 28.8 Å². The van der Waals surface area contributed by atoms with Crippen LogP contribution >= 0.6 is 11.6 Å². The lowest BCUT2D eigenvalue weighted by Gasteiger charge is -2.33. The summed E-state index contributed by atoms with van der Waals surface area (Å²) in [5, 5.41) is 2.95. The van der Waals surface area contributed by atoms with Crippen molar-refractivity contribution in [2.24, 2.45) is 5.73 Å². The molecule has 21 heavy (non-hydrogen) atoms. The van der Waals surface area contributed by atoms with Crippen molar-refractivity contribution in [1.82, 2.24) is 4.90 Å².